The summed E-state index contributed by atoms with van der Waals surface area (Å²) in [7, 11) is 0. The molecule has 0 saturated carbocycles. The second-order valence-corrected chi connectivity index (χ2v) is 4.99. The molecule has 19 heavy (non-hydrogen) atoms. The molecule has 0 spiro atoms. The highest BCUT2D eigenvalue weighted by molar-refractivity contribution is 5.72. The smallest absolute Gasteiger partial charge is 0.303 e. The zero-order valence-electron chi connectivity index (χ0n) is 11.2. The van der Waals surface area contributed by atoms with E-state index in [1.165, 1.54) is 0 Å². The fourth-order valence-electron chi connectivity index (χ4n) is 2.30. The standard InChI is InChI=1S/C13H22O6/c1-2-3-4-6-13(8-11(16)17,9-12(18)19)7-5-10(14)15/h2-9H2,1H3,(H,14,15)(H,16,17)(H,18,19). The van der Waals surface area contributed by atoms with Crippen LogP contribution in [0.2, 0.25) is 0 Å². The molecular weight excluding hydrogens is 252 g/mol. The summed E-state index contributed by atoms with van der Waals surface area (Å²) in [4.78, 5) is 32.5. The largest absolute Gasteiger partial charge is 0.481 e. The molecule has 0 aliphatic rings. The van der Waals surface area contributed by atoms with E-state index in [1.54, 1.807) is 0 Å². The molecule has 0 bridgehead atoms. The van der Waals surface area contributed by atoms with Gasteiger partial charge >= 0.3 is 17.9 Å². The van der Waals surface area contributed by atoms with Gasteiger partial charge in [-0.25, -0.2) is 0 Å². The van der Waals surface area contributed by atoms with Crippen LogP contribution in [-0.2, 0) is 14.4 Å². The molecule has 0 aliphatic carbocycles. The van der Waals surface area contributed by atoms with Gasteiger partial charge in [-0.05, 0) is 18.3 Å². The van der Waals surface area contributed by atoms with Crippen LogP contribution in [0.1, 0.15) is 58.3 Å². The average molecular weight is 274 g/mol. The Morgan fingerprint density at radius 2 is 1.37 bits per heavy atom. The van der Waals surface area contributed by atoms with Gasteiger partial charge in [-0.3, -0.25) is 14.4 Å². The fourth-order valence-corrected chi connectivity index (χ4v) is 2.30. The molecule has 0 heterocycles. The number of carboxylic acid groups (broad SMARTS) is 3. The Labute approximate surface area is 112 Å². The summed E-state index contributed by atoms with van der Waals surface area (Å²) in [6, 6.07) is 0. The molecule has 0 aromatic carbocycles. The predicted octanol–water partition coefficient (Wildman–Crippen LogP) is 2.37. The van der Waals surface area contributed by atoms with Gasteiger partial charge in [-0.1, -0.05) is 26.2 Å². The zero-order valence-corrected chi connectivity index (χ0v) is 11.2. The predicted molar refractivity (Wildman–Crippen MR) is 68.0 cm³/mol. The fraction of sp³-hybridized carbons (Fsp3) is 0.769. The molecule has 110 valence electrons. The maximum atomic E-state index is 10.9. The van der Waals surface area contributed by atoms with E-state index >= 15 is 0 Å². The number of unbranched alkanes of at least 4 members (excludes halogenated alkanes) is 2. The number of carboxylic acids is 3. The highest BCUT2D eigenvalue weighted by Gasteiger charge is 2.35. The van der Waals surface area contributed by atoms with Gasteiger partial charge in [-0.2, -0.15) is 0 Å². The van der Waals surface area contributed by atoms with Gasteiger partial charge in [0, 0.05) is 6.42 Å². The number of hydrogen-bond donors (Lipinski definition) is 3. The minimum atomic E-state index is -1.08. The van der Waals surface area contributed by atoms with Gasteiger partial charge in [0.1, 0.15) is 0 Å². The molecule has 6 nitrogen and oxygen atoms in total. The maximum Gasteiger partial charge on any atom is 0.303 e. The minimum Gasteiger partial charge on any atom is -0.481 e. The monoisotopic (exact) mass is 274 g/mol. The first-order valence-electron chi connectivity index (χ1n) is 6.47. The van der Waals surface area contributed by atoms with E-state index in [9.17, 15) is 14.4 Å². The summed E-state index contributed by atoms with van der Waals surface area (Å²) >= 11 is 0. The molecule has 0 fully saturated rings. The van der Waals surface area contributed by atoms with Gasteiger partial charge in [0.05, 0.1) is 12.8 Å². The summed E-state index contributed by atoms with van der Waals surface area (Å²) in [6.45, 7) is 1.99. The van der Waals surface area contributed by atoms with Crippen molar-refractivity contribution in [2.45, 2.75) is 58.3 Å². The van der Waals surface area contributed by atoms with E-state index in [4.69, 9.17) is 15.3 Å². The highest BCUT2D eigenvalue weighted by atomic mass is 16.4. The van der Waals surface area contributed by atoms with Crippen LogP contribution in [0.15, 0.2) is 0 Å². The van der Waals surface area contributed by atoms with Crippen LogP contribution >= 0.6 is 0 Å². The SMILES string of the molecule is CCCCCC(CCC(=O)O)(CC(=O)O)CC(=O)O. The molecule has 0 unspecified atom stereocenters. The van der Waals surface area contributed by atoms with E-state index in [0.717, 1.165) is 19.3 Å². The van der Waals surface area contributed by atoms with Crippen molar-refractivity contribution in [3.8, 4) is 0 Å². The Bertz CT molecular complexity index is 307. The minimum absolute atomic E-state index is 0.0879. The Kier molecular flexibility index (Phi) is 7.79. The topological polar surface area (TPSA) is 112 Å². The van der Waals surface area contributed by atoms with Gasteiger partial charge in [0.25, 0.3) is 0 Å². The first kappa shape index (κ1) is 17.4. The second kappa shape index (κ2) is 8.50. The van der Waals surface area contributed by atoms with E-state index in [2.05, 4.69) is 0 Å². The lowest BCUT2D eigenvalue weighted by molar-refractivity contribution is -0.146. The van der Waals surface area contributed by atoms with Crippen molar-refractivity contribution < 1.29 is 29.7 Å². The zero-order chi connectivity index (χ0) is 14.9. The molecule has 0 rings (SSSR count). The molecule has 0 aromatic rings. The molecule has 0 saturated heterocycles. The summed E-state index contributed by atoms with van der Waals surface area (Å²) in [5, 5.41) is 26.6. The van der Waals surface area contributed by atoms with Crippen molar-refractivity contribution in [2.24, 2.45) is 5.41 Å². The molecular formula is C13H22O6. The maximum absolute atomic E-state index is 10.9. The van der Waals surface area contributed by atoms with E-state index < -0.39 is 23.3 Å². The van der Waals surface area contributed by atoms with Crippen LogP contribution in [0.4, 0.5) is 0 Å². The van der Waals surface area contributed by atoms with Crippen LogP contribution in [0.25, 0.3) is 0 Å². The first-order chi connectivity index (χ1) is 8.81. The molecule has 3 N–H and O–H groups in total. The molecule has 0 radical (unpaired) electrons. The number of carbonyl (C=O) groups is 3. The Balaban J connectivity index is 4.88. The van der Waals surface area contributed by atoms with Crippen LogP contribution in [-0.4, -0.2) is 33.2 Å². The number of rotatable bonds is 11. The van der Waals surface area contributed by atoms with E-state index in [-0.39, 0.29) is 25.7 Å². The van der Waals surface area contributed by atoms with E-state index in [0.29, 0.717) is 6.42 Å². The second-order valence-electron chi connectivity index (χ2n) is 4.99. The number of hydrogen-bond acceptors (Lipinski definition) is 3. The Hall–Kier alpha value is -1.59. The third kappa shape index (κ3) is 8.18. The highest BCUT2D eigenvalue weighted by Crippen LogP contribution is 2.38. The third-order valence-corrected chi connectivity index (χ3v) is 3.23. The lowest BCUT2D eigenvalue weighted by Gasteiger charge is -2.30. The molecule has 0 aliphatic heterocycles. The Morgan fingerprint density at radius 1 is 0.842 bits per heavy atom. The van der Waals surface area contributed by atoms with Gasteiger partial charge in [0.15, 0.2) is 0 Å². The first-order valence-corrected chi connectivity index (χ1v) is 6.47. The number of aliphatic carboxylic acids is 3. The molecule has 0 aromatic heterocycles. The Morgan fingerprint density at radius 3 is 1.74 bits per heavy atom. The van der Waals surface area contributed by atoms with Crippen LogP contribution in [0.5, 0.6) is 0 Å². The van der Waals surface area contributed by atoms with Crippen molar-refractivity contribution in [3.63, 3.8) is 0 Å². The summed E-state index contributed by atoms with van der Waals surface area (Å²) < 4.78 is 0. The third-order valence-electron chi connectivity index (χ3n) is 3.23. The van der Waals surface area contributed by atoms with Gasteiger partial charge in [0.2, 0.25) is 0 Å². The van der Waals surface area contributed by atoms with Crippen LogP contribution in [0.3, 0.4) is 0 Å². The van der Waals surface area contributed by atoms with Gasteiger partial charge in [-0.15, -0.1) is 0 Å². The van der Waals surface area contributed by atoms with Crippen LogP contribution < -0.4 is 0 Å². The summed E-state index contributed by atoms with van der Waals surface area (Å²) in [6.07, 6.45) is 2.27. The summed E-state index contributed by atoms with van der Waals surface area (Å²) in [5.74, 6) is -3.19. The lowest BCUT2D eigenvalue weighted by atomic mass is 9.73. The van der Waals surface area contributed by atoms with Crippen molar-refractivity contribution in [1.29, 1.82) is 0 Å². The van der Waals surface area contributed by atoms with Crippen molar-refractivity contribution in [1.82, 2.24) is 0 Å². The quantitative estimate of drug-likeness (QED) is 0.499. The van der Waals surface area contributed by atoms with Gasteiger partial charge < -0.3 is 15.3 Å². The molecule has 0 atom stereocenters. The van der Waals surface area contributed by atoms with E-state index in [1.807, 2.05) is 6.92 Å². The molecule has 0 amide bonds. The summed E-state index contributed by atoms with van der Waals surface area (Å²) in [5.41, 5.74) is -0.953. The lowest BCUT2D eigenvalue weighted by Crippen LogP contribution is -2.29. The molecule has 6 heteroatoms. The normalized spacial score (nSPS) is 11.2. The van der Waals surface area contributed by atoms with Crippen molar-refractivity contribution in [3.05, 3.63) is 0 Å². The average Bonchev–Trinajstić information content (AvgIpc) is 2.25. The van der Waals surface area contributed by atoms with Crippen molar-refractivity contribution >= 4 is 17.9 Å². The van der Waals surface area contributed by atoms with Crippen molar-refractivity contribution in [2.75, 3.05) is 0 Å². The van der Waals surface area contributed by atoms with Crippen LogP contribution in [0, 0.1) is 5.41 Å².